The number of aryl methyl sites for hydroxylation is 2. The van der Waals surface area contributed by atoms with E-state index in [2.05, 4.69) is 10.1 Å². The molecular formula is C12H15ClN4. The molecule has 0 aliphatic rings. The van der Waals surface area contributed by atoms with Gasteiger partial charge in [-0.3, -0.25) is 0 Å². The number of aromatic nitrogens is 3. The lowest BCUT2D eigenvalue weighted by Gasteiger charge is -2.07. The minimum absolute atomic E-state index is 0.501. The van der Waals surface area contributed by atoms with Crippen LogP contribution in [0.2, 0.25) is 5.02 Å². The third kappa shape index (κ3) is 2.65. The second-order valence-corrected chi connectivity index (χ2v) is 4.40. The monoisotopic (exact) mass is 250 g/mol. The largest absolute Gasteiger partial charge is 0.326 e. The van der Waals surface area contributed by atoms with Crippen molar-refractivity contribution in [2.24, 2.45) is 5.73 Å². The van der Waals surface area contributed by atoms with Crippen LogP contribution in [0.15, 0.2) is 18.2 Å². The Balaban J connectivity index is 2.27. The smallest absolute Gasteiger partial charge is 0.147 e. The molecular weight excluding hydrogens is 236 g/mol. The normalized spacial score (nSPS) is 10.8. The Morgan fingerprint density at radius 3 is 2.65 bits per heavy atom. The van der Waals surface area contributed by atoms with Crippen molar-refractivity contribution in [2.75, 3.05) is 0 Å². The first-order valence-electron chi connectivity index (χ1n) is 5.45. The highest BCUT2D eigenvalue weighted by atomic mass is 35.5. The predicted octanol–water partition coefficient (Wildman–Crippen LogP) is 2.06. The van der Waals surface area contributed by atoms with Crippen LogP contribution in [0.3, 0.4) is 0 Å². The maximum atomic E-state index is 6.20. The molecule has 4 nitrogen and oxygen atoms in total. The summed E-state index contributed by atoms with van der Waals surface area (Å²) in [5.74, 6) is 1.67. The molecule has 0 saturated carbocycles. The van der Waals surface area contributed by atoms with Crippen molar-refractivity contribution >= 4 is 11.6 Å². The maximum Gasteiger partial charge on any atom is 0.147 e. The van der Waals surface area contributed by atoms with Gasteiger partial charge in [0.25, 0.3) is 0 Å². The van der Waals surface area contributed by atoms with Gasteiger partial charge in [-0.05, 0) is 31.0 Å². The Morgan fingerprint density at radius 2 is 2.12 bits per heavy atom. The van der Waals surface area contributed by atoms with Crippen LogP contribution in [-0.2, 0) is 13.1 Å². The number of nitrogens with zero attached hydrogens (tertiary/aromatic N) is 3. The molecule has 2 rings (SSSR count). The van der Waals surface area contributed by atoms with Gasteiger partial charge in [-0.2, -0.15) is 5.10 Å². The van der Waals surface area contributed by atoms with Crippen LogP contribution in [0.1, 0.15) is 22.8 Å². The summed E-state index contributed by atoms with van der Waals surface area (Å²) >= 11 is 6.20. The first-order valence-corrected chi connectivity index (χ1v) is 5.83. The molecule has 5 heteroatoms. The molecule has 1 aromatic carbocycles. The van der Waals surface area contributed by atoms with Gasteiger partial charge in [0.2, 0.25) is 0 Å². The van der Waals surface area contributed by atoms with Gasteiger partial charge in [-0.1, -0.05) is 23.7 Å². The fourth-order valence-corrected chi connectivity index (χ4v) is 1.98. The van der Waals surface area contributed by atoms with E-state index in [1.807, 2.05) is 36.7 Å². The number of rotatable bonds is 3. The summed E-state index contributed by atoms with van der Waals surface area (Å²) in [5, 5.41) is 5.03. The Morgan fingerprint density at radius 1 is 1.35 bits per heavy atom. The summed E-state index contributed by atoms with van der Waals surface area (Å²) in [6.45, 7) is 4.95. The molecule has 2 aromatic rings. The molecule has 0 aliphatic carbocycles. The van der Waals surface area contributed by atoms with E-state index in [0.29, 0.717) is 13.1 Å². The highest BCUT2D eigenvalue weighted by Gasteiger charge is 2.06. The van der Waals surface area contributed by atoms with Crippen molar-refractivity contribution in [3.05, 3.63) is 46.0 Å². The molecule has 1 aromatic heterocycles. The van der Waals surface area contributed by atoms with Crippen LogP contribution in [0.4, 0.5) is 0 Å². The SMILES string of the molecule is Cc1nc(C)n(Cc2ccc(CN)cc2Cl)n1. The van der Waals surface area contributed by atoms with Gasteiger partial charge in [0, 0.05) is 11.6 Å². The average Bonchev–Trinajstić information content (AvgIpc) is 2.60. The summed E-state index contributed by atoms with van der Waals surface area (Å²) in [5.41, 5.74) is 7.62. The van der Waals surface area contributed by atoms with Gasteiger partial charge in [0.15, 0.2) is 0 Å². The zero-order valence-electron chi connectivity index (χ0n) is 9.94. The molecule has 0 spiro atoms. The van der Waals surface area contributed by atoms with Crippen molar-refractivity contribution in [1.82, 2.24) is 14.8 Å². The lowest BCUT2D eigenvalue weighted by Crippen LogP contribution is -2.05. The van der Waals surface area contributed by atoms with Gasteiger partial charge < -0.3 is 5.73 Å². The van der Waals surface area contributed by atoms with E-state index in [-0.39, 0.29) is 0 Å². The van der Waals surface area contributed by atoms with E-state index in [9.17, 15) is 0 Å². The molecule has 0 bridgehead atoms. The van der Waals surface area contributed by atoms with E-state index in [0.717, 1.165) is 27.8 Å². The zero-order chi connectivity index (χ0) is 12.4. The minimum Gasteiger partial charge on any atom is -0.326 e. The van der Waals surface area contributed by atoms with Crippen LogP contribution < -0.4 is 5.73 Å². The molecule has 0 amide bonds. The Kier molecular flexibility index (Phi) is 3.45. The summed E-state index contributed by atoms with van der Waals surface area (Å²) < 4.78 is 1.85. The molecule has 0 fully saturated rings. The van der Waals surface area contributed by atoms with Crippen molar-refractivity contribution in [2.45, 2.75) is 26.9 Å². The number of halogens is 1. The van der Waals surface area contributed by atoms with Gasteiger partial charge in [0.1, 0.15) is 11.6 Å². The van der Waals surface area contributed by atoms with Crippen molar-refractivity contribution in [1.29, 1.82) is 0 Å². The van der Waals surface area contributed by atoms with E-state index in [4.69, 9.17) is 17.3 Å². The average molecular weight is 251 g/mol. The quantitative estimate of drug-likeness (QED) is 0.907. The van der Waals surface area contributed by atoms with Crippen LogP contribution in [0.25, 0.3) is 0 Å². The van der Waals surface area contributed by atoms with Gasteiger partial charge in [-0.25, -0.2) is 9.67 Å². The zero-order valence-corrected chi connectivity index (χ0v) is 10.7. The van der Waals surface area contributed by atoms with Gasteiger partial charge >= 0.3 is 0 Å². The molecule has 1 heterocycles. The highest BCUT2D eigenvalue weighted by Crippen LogP contribution is 2.19. The van der Waals surface area contributed by atoms with Crippen LogP contribution in [0.5, 0.6) is 0 Å². The number of nitrogens with two attached hydrogens (primary N) is 1. The minimum atomic E-state index is 0.501. The summed E-state index contributed by atoms with van der Waals surface area (Å²) in [6.07, 6.45) is 0. The highest BCUT2D eigenvalue weighted by molar-refractivity contribution is 6.31. The van der Waals surface area contributed by atoms with Crippen molar-refractivity contribution in [3.63, 3.8) is 0 Å². The predicted molar refractivity (Wildman–Crippen MR) is 67.9 cm³/mol. The van der Waals surface area contributed by atoms with E-state index < -0.39 is 0 Å². The molecule has 90 valence electrons. The Labute approximate surface area is 105 Å². The van der Waals surface area contributed by atoms with E-state index >= 15 is 0 Å². The third-order valence-electron chi connectivity index (χ3n) is 2.64. The summed E-state index contributed by atoms with van der Waals surface area (Å²) in [7, 11) is 0. The van der Waals surface area contributed by atoms with Crippen LogP contribution in [0, 0.1) is 13.8 Å². The second kappa shape index (κ2) is 4.85. The fourth-order valence-electron chi connectivity index (χ4n) is 1.72. The first-order chi connectivity index (χ1) is 8.10. The maximum absolute atomic E-state index is 6.20. The molecule has 0 atom stereocenters. The summed E-state index contributed by atoms with van der Waals surface area (Å²) in [6, 6.07) is 5.87. The Hall–Kier alpha value is -1.39. The standard InChI is InChI=1S/C12H15ClN4/c1-8-15-9(2)17(16-8)7-11-4-3-10(6-14)5-12(11)13/h3-5H,6-7,14H2,1-2H3. The number of hydrogen-bond donors (Lipinski definition) is 1. The lowest BCUT2D eigenvalue weighted by molar-refractivity contribution is 0.656. The topological polar surface area (TPSA) is 56.7 Å². The van der Waals surface area contributed by atoms with Crippen LogP contribution >= 0.6 is 11.6 Å². The molecule has 0 aliphatic heterocycles. The van der Waals surface area contributed by atoms with Crippen LogP contribution in [-0.4, -0.2) is 14.8 Å². The molecule has 0 radical (unpaired) electrons. The third-order valence-corrected chi connectivity index (χ3v) is 2.99. The second-order valence-electron chi connectivity index (χ2n) is 3.99. The fraction of sp³-hybridized carbons (Fsp3) is 0.333. The Bertz CT molecular complexity index is 533. The lowest BCUT2D eigenvalue weighted by atomic mass is 10.1. The number of benzene rings is 1. The molecule has 17 heavy (non-hydrogen) atoms. The van der Waals surface area contributed by atoms with Crippen molar-refractivity contribution in [3.8, 4) is 0 Å². The number of hydrogen-bond acceptors (Lipinski definition) is 3. The molecule has 0 saturated heterocycles. The van der Waals surface area contributed by atoms with Crippen molar-refractivity contribution < 1.29 is 0 Å². The van der Waals surface area contributed by atoms with Gasteiger partial charge in [-0.15, -0.1) is 0 Å². The first kappa shape index (κ1) is 12.1. The van der Waals surface area contributed by atoms with Gasteiger partial charge in [0.05, 0.1) is 6.54 Å². The molecule has 2 N–H and O–H groups in total. The van der Waals surface area contributed by atoms with E-state index in [1.54, 1.807) is 0 Å². The molecule has 0 unspecified atom stereocenters. The van der Waals surface area contributed by atoms with E-state index in [1.165, 1.54) is 0 Å². The summed E-state index contributed by atoms with van der Waals surface area (Å²) in [4.78, 5) is 4.26.